The van der Waals surface area contributed by atoms with Crippen molar-refractivity contribution in [2.24, 2.45) is 5.92 Å². The molecule has 3 aliphatic rings. The third-order valence-electron chi connectivity index (χ3n) is 6.57. The average Bonchev–Trinajstić information content (AvgIpc) is 3.39. The Morgan fingerprint density at radius 1 is 1.07 bits per heavy atom. The molecule has 7 nitrogen and oxygen atoms in total. The summed E-state index contributed by atoms with van der Waals surface area (Å²) < 4.78 is 0. The number of anilines is 1. The molecule has 1 amide bonds. The topological polar surface area (TPSA) is 78.0 Å². The second kappa shape index (κ2) is 7.53. The summed E-state index contributed by atoms with van der Waals surface area (Å²) in [4.78, 5) is 26.4. The molecule has 1 atom stereocenters. The predicted molar refractivity (Wildman–Crippen MR) is 107 cm³/mol. The van der Waals surface area contributed by atoms with E-state index >= 15 is 0 Å². The van der Waals surface area contributed by atoms with E-state index < -0.39 is 0 Å². The molecule has 2 aromatic rings. The van der Waals surface area contributed by atoms with Gasteiger partial charge in [0.05, 0.1) is 11.9 Å². The van der Waals surface area contributed by atoms with Crippen molar-refractivity contribution in [2.45, 2.75) is 50.9 Å². The van der Waals surface area contributed by atoms with Crippen LogP contribution < -0.4 is 4.90 Å². The van der Waals surface area contributed by atoms with Crippen molar-refractivity contribution >= 4 is 11.9 Å². The van der Waals surface area contributed by atoms with Gasteiger partial charge in [-0.1, -0.05) is 6.42 Å². The van der Waals surface area contributed by atoms with Gasteiger partial charge in [-0.05, 0) is 44.6 Å². The predicted octanol–water partition coefficient (Wildman–Crippen LogP) is 2.97. The van der Waals surface area contributed by atoms with E-state index in [0.717, 1.165) is 74.8 Å². The van der Waals surface area contributed by atoms with Crippen LogP contribution in [0.4, 0.5) is 5.95 Å². The Balaban J connectivity index is 1.37. The molecule has 0 spiro atoms. The molecule has 0 radical (unpaired) electrons. The molecular formula is C21H28N6O. The van der Waals surface area contributed by atoms with Gasteiger partial charge in [0.2, 0.25) is 11.9 Å². The number of hydrogen-bond acceptors (Lipinski definition) is 5. The lowest BCUT2D eigenvalue weighted by Gasteiger charge is -2.37. The second-order valence-electron chi connectivity index (χ2n) is 8.38. The molecule has 5 rings (SSSR count). The van der Waals surface area contributed by atoms with Crippen molar-refractivity contribution in [3.05, 3.63) is 24.2 Å². The fourth-order valence-electron chi connectivity index (χ4n) is 4.71. The summed E-state index contributed by atoms with van der Waals surface area (Å²) in [5.74, 6) is 1.73. The van der Waals surface area contributed by atoms with Gasteiger partial charge in [0.25, 0.3) is 0 Å². The van der Waals surface area contributed by atoms with E-state index in [0.29, 0.717) is 11.8 Å². The number of aromatic amines is 1. The van der Waals surface area contributed by atoms with E-state index in [2.05, 4.69) is 25.0 Å². The molecule has 3 fully saturated rings. The molecule has 0 bridgehead atoms. The summed E-state index contributed by atoms with van der Waals surface area (Å²) in [6.07, 6.45) is 11.6. The number of H-pyrrole nitrogens is 1. The first-order valence-electron chi connectivity index (χ1n) is 10.7. The van der Waals surface area contributed by atoms with Gasteiger partial charge in [-0.3, -0.25) is 9.89 Å². The Labute approximate surface area is 165 Å². The van der Waals surface area contributed by atoms with Crippen LogP contribution in [-0.2, 0) is 4.79 Å². The molecule has 2 saturated heterocycles. The van der Waals surface area contributed by atoms with Gasteiger partial charge >= 0.3 is 0 Å². The van der Waals surface area contributed by atoms with Crippen molar-refractivity contribution in [3.8, 4) is 11.3 Å². The van der Waals surface area contributed by atoms with E-state index in [1.165, 1.54) is 19.3 Å². The SMILES string of the molecule is O=C(C1CCC1)N1CCCC(c2[nH]ncc2-c2ccnc(N3CCCC3)n2)C1. The van der Waals surface area contributed by atoms with Crippen LogP contribution in [0.2, 0.25) is 0 Å². The van der Waals surface area contributed by atoms with Gasteiger partial charge in [0, 0.05) is 55.5 Å². The zero-order chi connectivity index (χ0) is 18.9. The summed E-state index contributed by atoms with van der Waals surface area (Å²) in [6.45, 7) is 3.74. The number of piperidine rings is 1. The number of nitrogens with zero attached hydrogens (tertiary/aromatic N) is 5. The molecule has 1 aliphatic carbocycles. The lowest BCUT2D eigenvalue weighted by molar-refractivity contribution is -0.139. The van der Waals surface area contributed by atoms with Crippen LogP contribution in [0.3, 0.4) is 0 Å². The normalized spacial score (nSPS) is 23.1. The van der Waals surface area contributed by atoms with Gasteiger partial charge < -0.3 is 9.80 Å². The zero-order valence-electron chi connectivity index (χ0n) is 16.3. The van der Waals surface area contributed by atoms with Crippen LogP contribution in [-0.4, -0.2) is 57.2 Å². The maximum atomic E-state index is 12.7. The van der Waals surface area contributed by atoms with E-state index in [1.54, 1.807) is 0 Å². The number of nitrogens with one attached hydrogen (secondary N) is 1. The first-order valence-corrected chi connectivity index (χ1v) is 10.7. The van der Waals surface area contributed by atoms with Gasteiger partial charge in [0.15, 0.2) is 0 Å². The third-order valence-corrected chi connectivity index (χ3v) is 6.57. The summed E-state index contributed by atoms with van der Waals surface area (Å²) in [6, 6.07) is 1.97. The van der Waals surface area contributed by atoms with Crippen LogP contribution in [0.5, 0.6) is 0 Å². The third kappa shape index (κ3) is 3.27. The smallest absolute Gasteiger partial charge is 0.225 e. The molecule has 1 unspecified atom stereocenters. The monoisotopic (exact) mass is 380 g/mol. The van der Waals surface area contributed by atoms with Gasteiger partial charge in [-0.25, -0.2) is 9.97 Å². The van der Waals surface area contributed by atoms with E-state index in [9.17, 15) is 4.79 Å². The van der Waals surface area contributed by atoms with Crippen LogP contribution in [0.1, 0.15) is 56.6 Å². The van der Waals surface area contributed by atoms with Crippen molar-refractivity contribution < 1.29 is 4.79 Å². The highest BCUT2D eigenvalue weighted by Crippen LogP contribution is 2.35. The highest BCUT2D eigenvalue weighted by Gasteiger charge is 2.33. The first-order chi connectivity index (χ1) is 13.8. The van der Waals surface area contributed by atoms with E-state index in [4.69, 9.17) is 4.98 Å². The van der Waals surface area contributed by atoms with Gasteiger partial charge in [-0.15, -0.1) is 0 Å². The first kappa shape index (κ1) is 17.6. The summed E-state index contributed by atoms with van der Waals surface area (Å²) in [5, 5.41) is 7.55. The number of amides is 1. The Morgan fingerprint density at radius 2 is 1.93 bits per heavy atom. The Bertz CT molecular complexity index is 839. The van der Waals surface area contributed by atoms with Crippen molar-refractivity contribution in [1.82, 2.24) is 25.1 Å². The summed E-state index contributed by atoms with van der Waals surface area (Å²) in [5.41, 5.74) is 3.08. The van der Waals surface area contributed by atoms with Crippen molar-refractivity contribution in [1.29, 1.82) is 0 Å². The van der Waals surface area contributed by atoms with Gasteiger partial charge in [-0.2, -0.15) is 5.10 Å². The minimum Gasteiger partial charge on any atom is -0.342 e. The molecule has 0 aromatic carbocycles. The standard InChI is InChI=1S/C21H28N6O/c28-20(15-5-3-6-15)27-12-4-7-16(14-27)19-17(13-23-25-19)18-8-9-22-21(24-18)26-10-1-2-11-26/h8-9,13,15-16H,1-7,10-12,14H2,(H,23,25). The molecule has 7 heteroatoms. The summed E-state index contributed by atoms with van der Waals surface area (Å²) in [7, 11) is 0. The van der Waals surface area contributed by atoms with Gasteiger partial charge in [0.1, 0.15) is 0 Å². The minimum absolute atomic E-state index is 0.268. The molecule has 4 heterocycles. The number of rotatable bonds is 4. The van der Waals surface area contributed by atoms with Crippen LogP contribution in [0.15, 0.2) is 18.5 Å². The quantitative estimate of drug-likeness (QED) is 0.882. The molecule has 1 N–H and O–H groups in total. The second-order valence-corrected chi connectivity index (χ2v) is 8.38. The van der Waals surface area contributed by atoms with Crippen LogP contribution in [0, 0.1) is 5.92 Å². The molecule has 2 aliphatic heterocycles. The molecular weight excluding hydrogens is 352 g/mol. The molecule has 1 saturated carbocycles. The fraction of sp³-hybridized carbons (Fsp3) is 0.619. The zero-order valence-corrected chi connectivity index (χ0v) is 16.3. The fourth-order valence-corrected chi connectivity index (χ4v) is 4.71. The van der Waals surface area contributed by atoms with Crippen molar-refractivity contribution in [3.63, 3.8) is 0 Å². The average molecular weight is 380 g/mol. The molecule has 2 aromatic heterocycles. The number of likely N-dealkylation sites (tertiary alicyclic amines) is 1. The minimum atomic E-state index is 0.268. The Morgan fingerprint density at radius 3 is 2.71 bits per heavy atom. The maximum absolute atomic E-state index is 12.7. The largest absolute Gasteiger partial charge is 0.342 e. The number of carbonyl (C=O) groups is 1. The summed E-state index contributed by atoms with van der Waals surface area (Å²) >= 11 is 0. The number of aromatic nitrogens is 4. The Hall–Kier alpha value is -2.44. The van der Waals surface area contributed by atoms with Crippen LogP contribution in [0.25, 0.3) is 11.3 Å². The maximum Gasteiger partial charge on any atom is 0.225 e. The highest BCUT2D eigenvalue weighted by atomic mass is 16.2. The van der Waals surface area contributed by atoms with Crippen molar-refractivity contribution in [2.75, 3.05) is 31.1 Å². The number of hydrogen-bond donors (Lipinski definition) is 1. The highest BCUT2D eigenvalue weighted by molar-refractivity contribution is 5.79. The lowest BCUT2D eigenvalue weighted by atomic mass is 9.83. The lowest BCUT2D eigenvalue weighted by Crippen LogP contribution is -2.44. The molecule has 28 heavy (non-hydrogen) atoms. The van der Waals surface area contributed by atoms with E-state index in [1.807, 2.05) is 18.5 Å². The Kier molecular flexibility index (Phi) is 4.74. The van der Waals surface area contributed by atoms with Crippen LogP contribution >= 0.6 is 0 Å². The number of carbonyl (C=O) groups excluding carboxylic acids is 1. The van der Waals surface area contributed by atoms with E-state index in [-0.39, 0.29) is 5.92 Å². The molecule has 148 valence electrons.